The molecule has 1 unspecified atom stereocenters. The Bertz CT molecular complexity index is 1220. The molecule has 2 aromatic rings. The summed E-state index contributed by atoms with van der Waals surface area (Å²) in [5.41, 5.74) is 1.06. The highest BCUT2D eigenvalue weighted by Gasteiger charge is 2.41. The maximum Gasteiger partial charge on any atom is 0.490 e. The predicted octanol–water partition coefficient (Wildman–Crippen LogP) is 4.45. The first-order valence-corrected chi connectivity index (χ1v) is 13.9. The Balaban J connectivity index is 0.000000430. The molecular formula is C26H30F9N3O8S. The van der Waals surface area contributed by atoms with E-state index >= 15 is 0 Å². The molecule has 0 aliphatic carbocycles. The average molecular weight is 716 g/mol. The average Bonchev–Trinajstić information content (AvgIpc) is 3.25. The second kappa shape index (κ2) is 18.1. The molecule has 2 saturated heterocycles. The Kier molecular flexibility index (Phi) is 16.0. The van der Waals surface area contributed by atoms with Crippen molar-refractivity contribution < 1.29 is 78.7 Å². The van der Waals surface area contributed by atoms with E-state index in [0.29, 0.717) is 6.61 Å². The third-order valence-electron chi connectivity index (χ3n) is 5.81. The molecule has 0 saturated carbocycles. The number of pyridine rings is 1. The number of morpholine rings is 1. The van der Waals surface area contributed by atoms with Gasteiger partial charge in [0.2, 0.25) is 0 Å². The molecule has 4 rings (SSSR count). The molecular weight excluding hydrogens is 685 g/mol. The van der Waals surface area contributed by atoms with Gasteiger partial charge >= 0.3 is 36.4 Å². The van der Waals surface area contributed by atoms with Crippen LogP contribution in [-0.4, -0.2) is 118 Å². The Morgan fingerprint density at radius 2 is 1.23 bits per heavy atom. The van der Waals surface area contributed by atoms with Gasteiger partial charge in [-0.1, -0.05) is 0 Å². The molecule has 1 spiro atoms. The predicted molar refractivity (Wildman–Crippen MR) is 144 cm³/mol. The molecule has 0 amide bonds. The van der Waals surface area contributed by atoms with Crippen molar-refractivity contribution in [3.8, 4) is 0 Å². The van der Waals surface area contributed by atoms with Gasteiger partial charge in [0.05, 0.1) is 19.8 Å². The van der Waals surface area contributed by atoms with Crippen LogP contribution in [0.25, 0.3) is 0 Å². The highest BCUT2D eigenvalue weighted by molar-refractivity contribution is 7.11. The fourth-order valence-corrected chi connectivity index (χ4v) is 4.83. The summed E-state index contributed by atoms with van der Waals surface area (Å²) in [6, 6.07) is 8.64. The fraction of sp³-hybridized carbons (Fsp3) is 0.538. The zero-order valence-corrected chi connectivity index (χ0v) is 25.2. The number of hydrogen-bond acceptors (Lipinski definition) is 9. The summed E-state index contributed by atoms with van der Waals surface area (Å²) >= 11 is 1.89. The lowest BCUT2D eigenvalue weighted by Gasteiger charge is -2.43. The lowest BCUT2D eigenvalue weighted by molar-refractivity contribution is -0.193. The van der Waals surface area contributed by atoms with Gasteiger partial charge in [-0.2, -0.15) is 39.5 Å². The number of carboxylic acids is 3. The number of rotatable bonds is 4. The topological polar surface area (TPSA) is 150 Å². The van der Waals surface area contributed by atoms with Crippen molar-refractivity contribution in [3.05, 3.63) is 52.0 Å². The number of thiophene rings is 1. The van der Waals surface area contributed by atoms with Crippen LogP contribution in [-0.2, 0) is 36.9 Å². The maximum atomic E-state index is 10.6. The molecule has 2 fully saturated rings. The minimum Gasteiger partial charge on any atom is -0.475 e. The van der Waals surface area contributed by atoms with Crippen molar-refractivity contribution >= 4 is 29.2 Å². The number of halogens is 9. The molecule has 2 aliphatic rings. The van der Waals surface area contributed by atoms with Crippen LogP contribution in [0, 0.1) is 6.92 Å². The SMILES string of the molecule is Cc1ccc(CN2CCOC3(COCCN(Cc4ccncc4)C3)C2)s1.O=C(O)C(F)(F)F.O=C(O)C(F)(F)F.O=C(O)C(F)(F)F. The molecule has 3 N–H and O–H groups in total. The summed E-state index contributed by atoms with van der Waals surface area (Å²) < 4.78 is 107. The number of carboxylic acid groups (broad SMARTS) is 3. The normalized spacial score (nSPS) is 19.1. The van der Waals surface area contributed by atoms with Crippen molar-refractivity contribution in [2.75, 3.05) is 46.0 Å². The van der Waals surface area contributed by atoms with Crippen LogP contribution >= 0.6 is 11.3 Å². The fourth-order valence-electron chi connectivity index (χ4n) is 3.90. The van der Waals surface area contributed by atoms with E-state index in [2.05, 4.69) is 46.0 Å². The second-order valence-electron chi connectivity index (χ2n) is 9.78. The highest BCUT2D eigenvalue weighted by atomic mass is 32.1. The van der Waals surface area contributed by atoms with Crippen molar-refractivity contribution in [1.29, 1.82) is 0 Å². The summed E-state index contributed by atoms with van der Waals surface area (Å²) in [7, 11) is 0. The smallest absolute Gasteiger partial charge is 0.475 e. The van der Waals surface area contributed by atoms with E-state index in [-0.39, 0.29) is 5.60 Å². The summed E-state index contributed by atoms with van der Waals surface area (Å²) in [6.45, 7) is 10.1. The van der Waals surface area contributed by atoms with Gasteiger partial charge in [0.1, 0.15) is 5.60 Å². The summed E-state index contributed by atoms with van der Waals surface area (Å²) in [5, 5.41) is 21.4. The van der Waals surface area contributed by atoms with Crippen molar-refractivity contribution in [2.45, 2.75) is 44.1 Å². The first-order valence-electron chi connectivity index (χ1n) is 13.0. The molecule has 47 heavy (non-hydrogen) atoms. The van der Waals surface area contributed by atoms with E-state index < -0.39 is 36.4 Å². The number of carbonyl (C=O) groups is 3. The van der Waals surface area contributed by atoms with Crippen LogP contribution < -0.4 is 0 Å². The maximum absolute atomic E-state index is 10.6. The van der Waals surface area contributed by atoms with E-state index in [9.17, 15) is 39.5 Å². The van der Waals surface area contributed by atoms with Gasteiger partial charge in [0.25, 0.3) is 0 Å². The molecule has 0 bridgehead atoms. The van der Waals surface area contributed by atoms with Crippen LogP contribution in [0.5, 0.6) is 0 Å². The monoisotopic (exact) mass is 715 g/mol. The Morgan fingerprint density at radius 1 is 0.787 bits per heavy atom. The molecule has 2 aromatic heterocycles. The van der Waals surface area contributed by atoms with Crippen LogP contribution in [0.3, 0.4) is 0 Å². The van der Waals surface area contributed by atoms with Gasteiger partial charge in [0, 0.05) is 61.4 Å². The van der Waals surface area contributed by atoms with Crippen LogP contribution in [0.2, 0.25) is 0 Å². The Hall–Kier alpha value is -3.53. The first kappa shape index (κ1) is 41.5. The number of alkyl halides is 9. The zero-order chi connectivity index (χ0) is 36.1. The summed E-state index contributed by atoms with van der Waals surface area (Å²) in [4.78, 5) is 38.6. The van der Waals surface area contributed by atoms with Gasteiger partial charge in [-0.15, -0.1) is 11.3 Å². The lowest BCUT2D eigenvalue weighted by Crippen LogP contribution is -2.58. The number of ether oxygens (including phenoxy) is 2. The van der Waals surface area contributed by atoms with Crippen LogP contribution in [0.1, 0.15) is 15.3 Å². The minimum absolute atomic E-state index is 0.228. The quantitative estimate of drug-likeness (QED) is 0.386. The number of nitrogens with zero attached hydrogens (tertiary/aromatic N) is 3. The second-order valence-corrected chi connectivity index (χ2v) is 11.2. The van der Waals surface area contributed by atoms with Gasteiger partial charge in [-0.3, -0.25) is 14.8 Å². The molecule has 11 nitrogen and oxygen atoms in total. The number of aryl methyl sites for hydroxylation is 1. The van der Waals surface area contributed by atoms with E-state index in [1.54, 1.807) is 0 Å². The number of aromatic nitrogens is 1. The van der Waals surface area contributed by atoms with E-state index in [1.807, 2.05) is 23.7 Å². The number of aliphatic carboxylic acids is 3. The standard InChI is InChI=1S/C20H27N3O2S.3C2HF3O2/c1-17-2-3-19(26-17)13-23-9-11-25-20(15-23)14-22(8-10-24-16-20)12-18-4-6-21-7-5-18;3*3-2(4,5)1(6)7/h2-7H,8-16H2,1H3;3*(H,6,7). The molecule has 1 atom stereocenters. The highest BCUT2D eigenvalue weighted by Crippen LogP contribution is 2.26. The van der Waals surface area contributed by atoms with Crippen molar-refractivity contribution in [3.63, 3.8) is 0 Å². The minimum atomic E-state index is -5.08. The van der Waals surface area contributed by atoms with Crippen LogP contribution in [0.4, 0.5) is 39.5 Å². The van der Waals surface area contributed by atoms with Gasteiger partial charge in [0.15, 0.2) is 0 Å². The Labute approximate surface area is 265 Å². The van der Waals surface area contributed by atoms with Crippen molar-refractivity contribution in [2.24, 2.45) is 0 Å². The van der Waals surface area contributed by atoms with Gasteiger partial charge in [-0.05, 0) is 36.8 Å². The molecule has 2 aliphatic heterocycles. The van der Waals surface area contributed by atoms with Gasteiger partial charge in [-0.25, -0.2) is 14.4 Å². The molecule has 0 radical (unpaired) electrons. The molecule has 4 heterocycles. The third kappa shape index (κ3) is 16.7. The largest absolute Gasteiger partial charge is 0.490 e. The van der Waals surface area contributed by atoms with Crippen LogP contribution in [0.15, 0.2) is 36.7 Å². The van der Waals surface area contributed by atoms with Crippen molar-refractivity contribution in [1.82, 2.24) is 14.8 Å². The Morgan fingerprint density at radius 3 is 1.66 bits per heavy atom. The molecule has 266 valence electrons. The molecule has 21 heteroatoms. The van der Waals surface area contributed by atoms with Gasteiger partial charge < -0.3 is 24.8 Å². The first-order chi connectivity index (χ1) is 21.5. The van der Waals surface area contributed by atoms with E-state index in [0.717, 1.165) is 52.5 Å². The van der Waals surface area contributed by atoms with E-state index in [1.165, 1.54) is 15.3 Å². The third-order valence-corrected chi connectivity index (χ3v) is 6.80. The number of hydrogen-bond donors (Lipinski definition) is 3. The molecule has 0 aromatic carbocycles. The summed E-state index contributed by atoms with van der Waals surface area (Å²) in [6.07, 6.45) is -11.5. The van der Waals surface area contributed by atoms with E-state index in [4.69, 9.17) is 39.2 Å². The summed E-state index contributed by atoms with van der Waals surface area (Å²) in [5.74, 6) is -8.27. The zero-order valence-electron chi connectivity index (χ0n) is 24.4. The lowest BCUT2D eigenvalue weighted by atomic mass is 10.0.